The molecule has 20 heavy (non-hydrogen) atoms. The van der Waals surface area contributed by atoms with Crippen molar-refractivity contribution in [2.24, 2.45) is 0 Å². The number of para-hydroxylation sites is 1. The molecule has 1 N–H and O–H groups in total. The van der Waals surface area contributed by atoms with Gasteiger partial charge in [0.05, 0.1) is 6.54 Å². The van der Waals surface area contributed by atoms with Gasteiger partial charge in [0.15, 0.2) is 17.4 Å². The summed E-state index contributed by atoms with van der Waals surface area (Å²) in [6.45, 7) is 3.61. The summed E-state index contributed by atoms with van der Waals surface area (Å²) in [7, 11) is 0. The number of halogens is 2. The third-order valence-electron chi connectivity index (χ3n) is 2.72. The summed E-state index contributed by atoms with van der Waals surface area (Å²) in [5.41, 5.74) is 0. The molecule has 0 saturated heterocycles. The number of hydrogen-bond acceptors (Lipinski definition) is 3. The third-order valence-corrected chi connectivity index (χ3v) is 2.72. The first-order valence-electron chi connectivity index (χ1n) is 6.56. The highest BCUT2D eigenvalue weighted by Gasteiger charge is 2.11. The Bertz CT molecular complexity index is 534. The van der Waals surface area contributed by atoms with E-state index in [4.69, 9.17) is 9.15 Å². The summed E-state index contributed by atoms with van der Waals surface area (Å²) in [6, 6.07) is 7.16. The van der Waals surface area contributed by atoms with E-state index in [0.717, 1.165) is 30.9 Å². The predicted molar refractivity (Wildman–Crippen MR) is 71.4 cm³/mol. The predicted octanol–water partition coefficient (Wildman–Crippen LogP) is 3.64. The Kier molecular flexibility index (Phi) is 5.12. The molecule has 0 unspecified atom stereocenters. The van der Waals surface area contributed by atoms with Gasteiger partial charge in [0.2, 0.25) is 0 Å². The van der Waals surface area contributed by atoms with Gasteiger partial charge >= 0.3 is 0 Å². The lowest BCUT2D eigenvalue weighted by Gasteiger charge is -2.06. The molecule has 0 amide bonds. The van der Waals surface area contributed by atoms with Crippen molar-refractivity contribution in [2.45, 2.75) is 26.5 Å². The molecule has 2 aromatic rings. The van der Waals surface area contributed by atoms with Gasteiger partial charge in [-0.25, -0.2) is 8.78 Å². The van der Waals surface area contributed by atoms with Gasteiger partial charge in [-0.2, -0.15) is 0 Å². The van der Waals surface area contributed by atoms with E-state index in [0.29, 0.717) is 12.3 Å². The van der Waals surface area contributed by atoms with Gasteiger partial charge in [-0.15, -0.1) is 0 Å². The monoisotopic (exact) mass is 281 g/mol. The van der Waals surface area contributed by atoms with Crippen LogP contribution in [0.5, 0.6) is 5.75 Å². The number of furan rings is 1. The van der Waals surface area contributed by atoms with Crippen molar-refractivity contribution in [1.29, 1.82) is 0 Å². The zero-order valence-electron chi connectivity index (χ0n) is 11.3. The van der Waals surface area contributed by atoms with Gasteiger partial charge < -0.3 is 14.5 Å². The van der Waals surface area contributed by atoms with Gasteiger partial charge in [0.25, 0.3) is 0 Å². The fraction of sp³-hybridized carbons (Fsp3) is 0.333. The van der Waals surface area contributed by atoms with Crippen LogP contribution in [-0.4, -0.2) is 6.54 Å². The maximum absolute atomic E-state index is 13.4. The Morgan fingerprint density at radius 2 is 1.80 bits per heavy atom. The summed E-state index contributed by atoms with van der Waals surface area (Å²) >= 11 is 0. The first kappa shape index (κ1) is 14.5. The van der Waals surface area contributed by atoms with Crippen LogP contribution < -0.4 is 10.1 Å². The Labute approximate surface area is 116 Å². The van der Waals surface area contributed by atoms with E-state index >= 15 is 0 Å². The van der Waals surface area contributed by atoms with Crippen molar-refractivity contribution in [1.82, 2.24) is 5.32 Å². The van der Waals surface area contributed by atoms with Crippen molar-refractivity contribution in [3.63, 3.8) is 0 Å². The quantitative estimate of drug-likeness (QED) is 0.787. The van der Waals surface area contributed by atoms with Crippen LogP contribution in [0.25, 0.3) is 0 Å². The van der Waals surface area contributed by atoms with Crippen molar-refractivity contribution in [3.05, 3.63) is 53.5 Å². The molecular formula is C15H17F2NO2. The molecule has 0 saturated carbocycles. The maximum atomic E-state index is 13.4. The van der Waals surface area contributed by atoms with E-state index in [1.807, 2.05) is 6.07 Å². The molecule has 1 aromatic heterocycles. The Balaban J connectivity index is 1.91. The lowest BCUT2D eigenvalue weighted by atomic mass is 10.3. The number of rotatable bonds is 7. The van der Waals surface area contributed by atoms with E-state index in [-0.39, 0.29) is 12.4 Å². The maximum Gasteiger partial charge on any atom is 0.191 e. The topological polar surface area (TPSA) is 34.4 Å². The average molecular weight is 281 g/mol. The first-order valence-corrected chi connectivity index (χ1v) is 6.56. The Hall–Kier alpha value is -1.88. The van der Waals surface area contributed by atoms with Crippen LogP contribution in [0.1, 0.15) is 24.9 Å². The largest absolute Gasteiger partial charge is 0.480 e. The minimum absolute atomic E-state index is 0.00830. The lowest BCUT2D eigenvalue weighted by molar-refractivity contribution is 0.242. The molecule has 0 aliphatic carbocycles. The van der Waals surface area contributed by atoms with Crippen molar-refractivity contribution >= 4 is 0 Å². The average Bonchev–Trinajstić information content (AvgIpc) is 2.86. The van der Waals surface area contributed by atoms with Crippen LogP contribution in [-0.2, 0) is 13.2 Å². The highest BCUT2D eigenvalue weighted by Crippen LogP contribution is 2.22. The van der Waals surface area contributed by atoms with Crippen LogP contribution in [0, 0.1) is 11.6 Å². The minimum Gasteiger partial charge on any atom is -0.480 e. The summed E-state index contributed by atoms with van der Waals surface area (Å²) in [5.74, 6) is -0.524. The molecule has 0 radical (unpaired) electrons. The van der Waals surface area contributed by atoms with E-state index in [9.17, 15) is 8.78 Å². The van der Waals surface area contributed by atoms with Gasteiger partial charge in [-0.1, -0.05) is 13.0 Å². The molecule has 1 aromatic carbocycles. The standard InChI is InChI=1S/C15H17F2NO2/c1-2-8-18-9-11-6-7-12(20-11)10-19-15-13(16)4-3-5-14(15)17/h3-7,18H,2,8-10H2,1H3. The summed E-state index contributed by atoms with van der Waals surface area (Å²) < 4.78 is 37.3. The molecule has 0 aliphatic heterocycles. The summed E-state index contributed by atoms with van der Waals surface area (Å²) in [6.07, 6.45) is 1.04. The molecule has 0 aliphatic rings. The molecule has 0 bridgehead atoms. The fourth-order valence-electron chi connectivity index (χ4n) is 1.75. The normalized spacial score (nSPS) is 10.8. The summed E-state index contributed by atoms with van der Waals surface area (Å²) in [4.78, 5) is 0. The second kappa shape index (κ2) is 7.05. The minimum atomic E-state index is -0.721. The van der Waals surface area contributed by atoms with Crippen LogP contribution in [0.3, 0.4) is 0 Å². The van der Waals surface area contributed by atoms with Crippen LogP contribution >= 0.6 is 0 Å². The molecule has 108 valence electrons. The SMILES string of the molecule is CCCNCc1ccc(COc2c(F)cccc2F)o1. The van der Waals surface area contributed by atoms with E-state index in [1.165, 1.54) is 6.07 Å². The van der Waals surface area contributed by atoms with Crippen LogP contribution in [0.4, 0.5) is 8.78 Å². The molecular weight excluding hydrogens is 264 g/mol. The molecule has 1 heterocycles. The van der Waals surface area contributed by atoms with Gasteiger partial charge in [-0.05, 0) is 37.2 Å². The Morgan fingerprint density at radius 3 is 2.50 bits per heavy atom. The van der Waals surface area contributed by atoms with Crippen molar-refractivity contribution < 1.29 is 17.9 Å². The first-order chi connectivity index (χ1) is 9.70. The zero-order chi connectivity index (χ0) is 14.4. The second-order valence-corrected chi connectivity index (χ2v) is 4.38. The Morgan fingerprint density at radius 1 is 1.10 bits per heavy atom. The van der Waals surface area contributed by atoms with Crippen molar-refractivity contribution in [2.75, 3.05) is 6.54 Å². The highest BCUT2D eigenvalue weighted by atomic mass is 19.1. The molecule has 0 fully saturated rings. The van der Waals surface area contributed by atoms with Crippen molar-refractivity contribution in [3.8, 4) is 5.75 Å². The highest BCUT2D eigenvalue weighted by molar-refractivity contribution is 5.26. The van der Waals surface area contributed by atoms with Gasteiger partial charge in [-0.3, -0.25) is 0 Å². The third kappa shape index (κ3) is 3.81. The molecule has 2 rings (SSSR count). The van der Waals surface area contributed by atoms with Crippen LogP contribution in [0.15, 0.2) is 34.7 Å². The molecule has 0 spiro atoms. The molecule has 3 nitrogen and oxygen atoms in total. The number of ether oxygens (including phenoxy) is 1. The lowest BCUT2D eigenvalue weighted by Crippen LogP contribution is -2.13. The van der Waals surface area contributed by atoms with E-state index < -0.39 is 11.6 Å². The zero-order valence-corrected chi connectivity index (χ0v) is 11.3. The number of hydrogen-bond donors (Lipinski definition) is 1. The molecule has 0 atom stereocenters. The number of benzene rings is 1. The second-order valence-electron chi connectivity index (χ2n) is 4.38. The summed E-state index contributed by atoms with van der Waals surface area (Å²) in [5, 5.41) is 3.20. The van der Waals surface area contributed by atoms with Gasteiger partial charge in [0.1, 0.15) is 18.1 Å². The van der Waals surface area contributed by atoms with Crippen LogP contribution in [0.2, 0.25) is 0 Å². The van der Waals surface area contributed by atoms with Gasteiger partial charge in [0, 0.05) is 0 Å². The van der Waals surface area contributed by atoms with E-state index in [1.54, 1.807) is 6.07 Å². The molecule has 5 heteroatoms. The fourth-order valence-corrected chi connectivity index (χ4v) is 1.75. The van der Waals surface area contributed by atoms with E-state index in [2.05, 4.69) is 12.2 Å². The smallest absolute Gasteiger partial charge is 0.191 e. The number of nitrogens with one attached hydrogen (secondary N) is 1.